The summed E-state index contributed by atoms with van der Waals surface area (Å²) >= 11 is 0. The minimum absolute atomic E-state index is 0.0379. The van der Waals surface area contributed by atoms with Crippen LogP contribution in [0.3, 0.4) is 0 Å². The molecule has 0 N–H and O–H groups in total. The number of hydrogen-bond donors (Lipinski definition) is 0. The highest BCUT2D eigenvalue weighted by Crippen LogP contribution is 2.30. The topological polar surface area (TPSA) is 3.24 Å². The van der Waals surface area contributed by atoms with Crippen molar-refractivity contribution < 1.29 is 13.2 Å². The minimum Gasteiger partial charge on any atom is -0.292 e. The summed E-state index contributed by atoms with van der Waals surface area (Å²) < 4.78 is 38.0. The van der Waals surface area contributed by atoms with Crippen molar-refractivity contribution in [2.45, 2.75) is 52.4 Å². The number of halogens is 3. The predicted octanol–water partition coefficient (Wildman–Crippen LogP) is 3.30. The second-order valence-corrected chi connectivity index (χ2v) is 4.15. The standard InChI is InChI=1S/C10H20F3N/c1-6-8(4)14(5)9(7(2)3)10(11,12)13/h7-9H,6H2,1-5H3/t8?,9-/m0/s1. The predicted molar refractivity (Wildman–Crippen MR) is 52.2 cm³/mol. The average Bonchev–Trinajstić information content (AvgIpc) is 1.99. The summed E-state index contributed by atoms with van der Waals surface area (Å²) in [4.78, 5) is 1.42. The van der Waals surface area contributed by atoms with E-state index in [1.165, 1.54) is 4.90 Å². The van der Waals surface area contributed by atoms with E-state index in [4.69, 9.17) is 0 Å². The molecule has 0 aliphatic rings. The monoisotopic (exact) mass is 211 g/mol. The van der Waals surface area contributed by atoms with E-state index in [0.717, 1.165) is 6.42 Å². The van der Waals surface area contributed by atoms with Gasteiger partial charge in [0.15, 0.2) is 0 Å². The molecular formula is C10H20F3N. The third kappa shape index (κ3) is 3.48. The molecule has 0 heterocycles. The third-order valence-corrected chi connectivity index (χ3v) is 2.69. The molecule has 0 aliphatic carbocycles. The van der Waals surface area contributed by atoms with Gasteiger partial charge in [-0.2, -0.15) is 13.2 Å². The average molecular weight is 211 g/mol. The second-order valence-electron chi connectivity index (χ2n) is 4.15. The van der Waals surface area contributed by atoms with Crippen LogP contribution in [0.1, 0.15) is 34.1 Å². The zero-order valence-electron chi connectivity index (χ0n) is 9.52. The molecule has 0 aromatic heterocycles. The molecule has 0 radical (unpaired) electrons. The Morgan fingerprint density at radius 3 is 1.79 bits per heavy atom. The Morgan fingerprint density at radius 1 is 1.14 bits per heavy atom. The van der Waals surface area contributed by atoms with E-state index < -0.39 is 18.1 Å². The van der Waals surface area contributed by atoms with Crippen LogP contribution in [0.15, 0.2) is 0 Å². The Balaban J connectivity index is 4.67. The van der Waals surface area contributed by atoms with Crippen LogP contribution in [0.25, 0.3) is 0 Å². The molecule has 1 nitrogen and oxygen atoms in total. The van der Waals surface area contributed by atoms with Crippen molar-refractivity contribution in [3.63, 3.8) is 0 Å². The highest BCUT2D eigenvalue weighted by molar-refractivity contribution is 4.82. The maximum absolute atomic E-state index is 12.7. The van der Waals surface area contributed by atoms with Crippen molar-refractivity contribution in [2.75, 3.05) is 7.05 Å². The van der Waals surface area contributed by atoms with Gasteiger partial charge in [-0.3, -0.25) is 4.90 Å². The van der Waals surface area contributed by atoms with Gasteiger partial charge in [0.2, 0.25) is 0 Å². The van der Waals surface area contributed by atoms with Crippen LogP contribution in [0.2, 0.25) is 0 Å². The van der Waals surface area contributed by atoms with Crippen LogP contribution in [-0.2, 0) is 0 Å². The molecule has 0 spiro atoms. The van der Waals surface area contributed by atoms with E-state index in [2.05, 4.69) is 0 Å². The highest BCUT2D eigenvalue weighted by Gasteiger charge is 2.44. The quantitative estimate of drug-likeness (QED) is 0.689. The van der Waals surface area contributed by atoms with Crippen molar-refractivity contribution in [1.82, 2.24) is 4.90 Å². The molecule has 14 heavy (non-hydrogen) atoms. The van der Waals surface area contributed by atoms with Crippen LogP contribution in [0, 0.1) is 5.92 Å². The fraction of sp³-hybridized carbons (Fsp3) is 1.00. The highest BCUT2D eigenvalue weighted by atomic mass is 19.4. The van der Waals surface area contributed by atoms with E-state index in [0.29, 0.717) is 0 Å². The lowest BCUT2D eigenvalue weighted by Gasteiger charge is -2.36. The van der Waals surface area contributed by atoms with Gasteiger partial charge in [-0.1, -0.05) is 20.8 Å². The molecule has 4 heteroatoms. The summed E-state index contributed by atoms with van der Waals surface area (Å²) in [5, 5.41) is 0. The van der Waals surface area contributed by atoms with Gasteiger partial charge >= 0.3 is 6.18 Å². The molecule has 0 saturated heterocycles. The lowest BCUT2D eigenvalue weighted by molar-refractivity contribution is -0.196. The summed E-state index contributed by atoms with van der Waals surface area (Å²) in [6.45, 7) is 6.93. The maximum atomic E-state index is 12.7. The van der Waals surface area contributed by atoms with Gasteiger partial charge in [-0.05, 0) is 26.3 Å². The SMILES string of the molecule is CCC(C)N(C)[C@@H](C(C)C)C(F)(F)F. The van der Waals surface area contributed by atoms with Crippen LogP contribution < -0.4 is 0 Å². The zero-order valence-corrected chi connectivity index (χ0v) is 9.52. The minimum atomic E-state index is -4.13. The smallest absolute Gasteiger partial charge is 0.292 e. The molecule has 0 aliphatic heterocycles. The van der Waals surface area contributed by atoms with E-state index in [9.17, 15) is 13.2 Å². The summed E-state index contributed by atoms with van der Waals surface area (Å²) in [5.41, 5.74) is 0. The van der Waals surface area contributed by atoms with Crippen LogP contribution >= 0.6 is 0 Å². The number of nitrogens with zero attached hydrogens (tertiary/aromatic N) is 1. The molecule has 0 rings (SSSR count). The molecule has 2 atom stereocenters. The van der Waals surface area contributed by atoms with Gasteiger partial charge in [-0.25, -0.2) is 0 Å². The summed E-state index contributed by atoms with van der Waals surface area (Å²) in [6.07, 6.45) is -3.40. The van der Waals surface area contributed by atoms with Crippen molar-refractivity contribution in [2.24, 2.45) is 5.92 Å². The van der Waals surface area contributed by atoms with Crippen molar-refractivity contribution in [1.29, 1.82) is 0 Å². The lowest BCUT2D eigenvalue weighted by atomic mass is 10.0. The molecule has 0 fully saturated rings. The van der Waals surface area contributed by atoms with Gasteiger partial charge in [0, 0.05) is 6.04 Å². The van der Waals surface area contributed by atoms with Crippen LogP contribution in [-0.4, -0.2) is 30.2 Å². The fourth-order valence-corrected chi connectivity index (χ4v) is 1.64. The van der Waals surface area contributed by atoms with Gasteiger partial charge in [0.25, 0.3) is 0 Å². The Hall–Kier alpha value is -0.250. The van der Waals surface area contributed by atoms with Gasteiger partial charge < -0.3 is 0 Å². The van der Waals surface area contributed by atoms with E-state index in [1.807, 2.05) is 13.8 Å². The first-order valence-corrected chi connectivity index (χ1v) is 5.00. The first-order valence-electron chi connectivity index (χ1n) is 5.00. The zero-order chi connectivity index (χ0) is 11.5. The molecule has 1 unspecified atom stereocenters. The molecule has 0 saturated carbocycles. The van der Waals surface area contributed by atoms with Crippen molar-refractivity contribution >= 4 is 0 Å². The Morgan fingerprint density at radius 2 is 1.57 bits per heavy atom. The Kier molecular flexibility index (Phi) is 4.92. The maximum Gasteiger partial charge on any atom is 0.404 e. The Labute approximate surface area is 84.3 Å². The summed E-state index contributed by atoms with van der Waals surface area (Å²) in [6, 6.07) is -1.37. The third-order valence-electron chi connectivity index (χ3n) is 2.69. The van der Waals surface area contributed by atoms with Crippen LogP contribution in [0.5, 0.6) is 0 Å². The molecule has 0 aromatic rings. The number of alkyl halides is 3. The number of hydrogen-bond acceptors (Lipinski definition) is 1. The normalized spacial score (nSPS) is 17.6. The van der Waals surface area contributed by atoms with Gasteiger partial charge in [-0.15, -0.1) is 0 Å². The van der Waals surface area contributed by atoms with E-state index in [-0.39, 0.29) is 6.04 Å². The van der Waals surface area contributed by atoms with Gasteiger partial charge in [0.1, 0.15) is 6.04 Å². The fourth-order valence-electron chi connectivity index (χ4n) is 1.64. The molecule has 0 bridgehead atoms. The van der Waals surface area contributed by atoms with Crippen molar-refractivity contribution in [3.05, 3.63) is 0 Å². The van der Waals surface area contributed by atoms with E-state index >= 15 is 0 Å². The largest absolute Gasteiger partial charge is 0.404 e. The number of rotatable bonds is 4. The molecular weight excluding hydrogens is 191 g/mol. The molecule has 0 aromatic carbocycles. The van der Waals surface area contributed by atoms with Crippen LogP contribution in [0.4, 0.5) is 13.2 Å². The van der Waals surface area contributed by atoms with Crippen molar-refractivity contribution in [3.8, 4) is 0 Å². The molecule has 0 amide bonds. The summed E-state index contributed by atoms with van der Waals surface area (Å²) in [5.74, 6) is -0.408. The summed E-state index contributed by atoms with van der Waals surface area (Å²) in [7, 11) is 1.55. The van der Waals surface area contributed by atoms with E-state index in [1.54, 1.807) is 20.9 Å². The molecule has 86 valence electrons. The first-order chi connectivity index (χ1) is 6.21. The van der Waals surface area contributed by atoms with Gasteiger partial charge in [0.05, 0.1) is 0 Å². The first kappa shape index (κ1) is 13.8. The Bertz CT molecular complexity index is 165. The lowest BCUT2D eigenvalue weighted by Crippen LogP contribution is -2.50. The second kappa shape index (κ2) is 5.01.